The Kier molecular flexibility index (Phi) is 12.2. The average Bonchev–Trinajstić information content (AvgIpc) is 4.21. The molecule has 0 spiro atoms. The normalized spacial score (nSPS) is 14.1. The van der Waals surface area contributed by atoms with Gasteiger partial charge in [0.1, 0.15) is 39.6 Å². The number of carbonyl (C=O) groups is 2. The van der Waals surface area contributed by atoms with Crippen molar-refractivity contribution in [1.29, 1.82) is 0 Å². The molecular formula is C57H52N2O8. The van der Waals surface area contributed by atoms with Gasteiger partial charge >= 0.3 is 0 Å². The van der Waals surface area contributed by atoms with E-state index >= 15 is 9.59 Å². The number of ether oxygens (including phenoxy) is 4. The van der Waals surface area contributed by atoms with Gasteiger partial charge in [-0.25, -0.2) is 0 Å². The fraction of sp³-hybridized carbons (Fsp3) is 0.193. The fourth-order valence-electron chi connectivity index (χ4n) is 9.48. The van der Waals surface area contributed by atoms with Crippen molar-refractivity contribution < 1.29 is 38.7 Å². The minimum atomic E-state index is -1.96. The van der Waals surface area contributed by atoms with Gasteiger partial charge in [0.25, 0.3) is 0 Å². The van der Waals surface area contributed by atoms with E-state index in [1.165, 1.54) is 0 Å². The van der Waals surface area contributed by atoms with Crippen LogP contribution in [-0.2, 0) is 20.8 Å². The van der Waals surface area contributed by atoms with E-state index in [0.717, 1.165) is 21.5 Å². The van der Waals surface area contributed by atoms with Gasteiger partial charge in [0, 0.05) is 0 Å². The first-order chi connectivity index (χ1) is 32.6. The molecule has 2 atom stereocenters. The number of carbonyl (C=O) groups excluding carboxylic acids is 2. The largest absolute Gasteiger partial charge is 0.497 e. The van der Waals surface area contributed by atoms with E-state index in [2.05, 4.69) is 10.6 Å². The first-order valence-corrected chi connectivity index (χ1v) is 22.2. The van der Waals surface area contributed by atoms with Gasteiger partial charge in [0.15, 0.2) is 0 Å². The summed E-state index contributed by atoms with van der Waals surface area (Å²) in [6, 6.07) is 53.2. The van der Waals surface area contributed by atoms with Crippen molar-refractivity contribution in [3.05, 3.63) is 215 Å². The molecule has 1 aliphatic rings. The maximum atomic E-state index is 15.5. The van der Waals surface area contributed by atoms with Crippen molar-refractivity contribution >= 4 is 33.4 Å². The molecule has 67 heavy (non-hydrogen) atoms. The number of rotatable bonds is 16. The molecule has 4 N–H and O–H groups in total. The lowest BCUT2D eigenvalue weighted by Gasteiger charge is -2.40. The summed E-state index contributed by atoms with van der Waals surface area (Å²) in [7, 11) is 6.22. The molecule has 0 bridgehead atoms. The summed E-state index contributed by atoms with van der Waals surface area (Å²) in [5.41, 5.74) is -2.53. The molecule has 10 nitrogen and oxygen atoms in total. The Morgan fingerprint density at radius 1 is 0.448 bits per heavy atom. The molecule has 8 aromatic rings. The Morgan fingerprint density at radius 2 is 0.746 bits per heavy atom. The first kappa shape index (κ1) is 44.5. The molecule has 0 heterocycles. The highest BCUT2D eigenvalue weighted by Gasteiger charge is 2.59. The summed E-state index contributed by atoms with van der Waals surface area (Å²) in [6.45, 7) is 0. The summed E-state index contributed by atoms with van der Waals surface area (Å²) in [5, 5.41) is 37.3. The van der Waals surface area contributed by atoms with Gasteiger partial charge in [-0.1, -0.05) is 133 Å². The highest BCUT2D eigenvalue weighted by atomic mass is 16.5. The molecule has 10 heteroatoms. The molecule has 1 fully saturated rings. The third-order valence-electron chi connectivity index (χ3n) is 13.3. The smallest absolute Gasteiger partial charge is 0.236 e. The Labute approximate surface area is 389 Å². The van der Waals surface area contributed by atoms with E-state index in [4.69, 9.17) is 18.9 Å². The molecule has 0 unspecified atom stereocenters. The highest BCUT2D eigenvalue weighted by molar-refractivity contribution is 6.08. The number of hydrogen-bond donors (Lipinski definition) is 4. The first-order valence-electron chi connectivity index (χ1n) is 22.2. The van der Waals surface area contributed by atoms with Gasteiger partial charge < -0.3 is 39.8 Å². The van der Waals surface area contributed by atoms with Gasteiger partial charge in [-0.15, -0.1) is 0 Å². The van der Waals surface area contributed by atoms with Crippen LogP contribution in [0.1, 0.15) is 58.3 Å². The zero-order chi connectivity index (χ0) is 46.8. The van der Waals surface area contributed by atoms with Crippen molar-refractivity contribution in [2.24, 2.45) is 5.41 Å². The van der Waals surface area contributed by atoms with Crippen molar-refractivity contribution in [3.8, 4) is 23.0 Å². The molecule has 8 aromatic carbocycles. The number of fused-ring (bicyclic) bond motifs is 2. The summed E-state index contributed by atoms with van der Waals surface area (Å²) in [6.07, 6.45) is 0.422. The number of aliphatic hydroxyl groups is 2. The van der Waals surface area contributed by atoms with Crippen LogP contribution in [-0.4, -0.2) is 50.5 Å². The maximum Gasteiger partial charge on any atom is 0.236 e. The van der Waals surface area contributed by atoms with Gasteiger partial charge in [-0.2, -0.15) is 0 Å². The van der Waals surface area contributed by atoms with Crippen LogP contribution < -0.4 is 29.6 Å². The lowest BCUT2D eigenvalue weighted by Crippen LogP contribution is -2.52. The van der Waals surface area contributed by atoms with E-state index in [-0.39, 0.29) is 12.8 Å². The number of hydrogen-bond acceptors (Lipinski definition) is 8. The second-order valence-corrected chi connectivity index (χ2v) is 17.0. The Morgan fingerprint density at radius 3 is 1.06 bits per heavy atom. The summed E-state index contributed by atoms with van der Waals surface area (Å²) >= 11 is 0. The molecule has 9 rings (SSSR count). The lowest BCUT2D eigenvalue weighted by atomic mass is 9.75. The van der Waals surface area contributed by atoms with Crippen LogP contribution in [0.25, 0.3) is 21.5 Å². The van der Waals surface area contributed by atoms with E-state index in [1.54, 1.807) is 126 Å². The van der Waals surface area contributed by atoms with Crippen LogP contribution in [0.15, 0.2) is 182 Å². The van der Waals surface area contributed by atoms with Crippen molar-refractivity contribution in [1.82, 2.24) is 10.6 Å². The Balaban J connectivity index is 1.20. The molecule has 0 radical (unpaired) electrons. The molecular weight excluding hydrogens is 841 g/mol. The predicted octanol–water partition coefficient (Wildman–Crippen LogP) is 9.69. The summed E-state index contributed by atoms with van der Waals surface area (Å²) < 4.78 is 22.7. The standard InChI is InChI=1S/C57H52N2O8/c1-64-43-23-11-19-39(33-43)56(62,40-20-12-24-44(34-40)65-2)51(49-29-9-17-37-15-5-7-27-47(37)49)58-53(60)55(31-32-55)54(61)59-52(50-30-10-18-38-16-6-8-28-48(38)50)57(63,41-21-13-25-45(35-41)66-3)42-22-14-26-46(36-42)67-4/h5-30,33-36,51-52,62-63H,31-32H2,1-4H3,(H,58,60)(H,59,61)/t51-,52-/m0/s1. The third kappa shape index (κ3) is 8.09. The minimum Gasteiger partial charge on any atom is -0.497 e. The summed E-state index contributed by atoms with van der Waals surface area (Å²) in [5.74, 6) is 0.820. The van der Waals surface area contributed by atoms with E-state index in [9.17, 15) is 10.2 Å². The minimum absolute atomic E-state index is 0.211. The van der Waals surface area contributed by atoms with E-state index in [1.807, 2.05) is 84.9 Å². The van der Waals surface area contributed by atoms with Crippen LogP contribution in [0, 0.1) is 5.41 Å². The molecule has 2 amide bonds. The molecule has 0 aliphatic heterocycles. The van der Waals surface area contributed by atoms with Crippen molar-refractivity contribution in [2.45, 2.75) is 36.1 Å². The summed E-state index contributed by atoms with van der Waals surface area (Å²) in [4.78, 5) is 31.0. The molecule has 1 saturated carbocycles. The second-order valence-electron chi connectivity index (χ2n) is 17.0. The molecule has 1 aliphatic carbocycles. The van der Waals surface area contributed by atoms with Gasteiger partial charge in [0.05, 0.1) is 40.5 Å². The number of benzene rings is 8. The van der Waals surface area contributed by atoms with Crippen molar-refractivity contribution in [2.75, 3.05) is 28.4 Å². The highest BCUT2D eigenvalue weighted by Crippen LogP contribution is 2.52. The zero-order valence-corrected chi connectivity index (χ0v) is 37.7. The third-order valence-corrected chi connectivity index (χ3v) is 13.3. The molecule has 0 aromatic heterocycles. The van der Waals surface area contributed by atoms with Crippen molar-refractivity contribution in [3.63, 3.8) is 0 Å². The predicted molar refractivity (Wildman–Crippen MR) is 259 cm³/mol. The van der Waals surface area contributed by atoms with Crippen LogP contribution in [0.2, 0.25) is 0 Å². The second kappa shape index (κ2) is 18.3. The zero-order valence-electron chi connectivity index (χ0n) is 37.7. The van der Waals surface area contributed by atoms with Gasteiger partial charge in [-0.05, 0) is 116 Å². The van der Waals surface area contributed by atoms with Crippen LogP contribution in [0.5, 0.6) is 23.0 Å². The topological polar surface area (TPSA) is 136 Å². The maximum absolute atomic E-state index is 15.5. The van der Waals surface area contributed by atoms with E-state index < -0.39 is 40.5 Å². The number of methoxy groups -OCH3 is 4. The average molecular weight is 893 g/mol. The number of nitrogens with one attached hydrogen (secondary N) is 2. The fourth-order valence-corrected chi connectivity index (χ4v) is 9.48. The quantitative estimate of drug-likeness (QED) is 0.0705. The Hall–Kier alpha value is -7.66. The number of amides is 2. The molecule has 0 saturated heterocycles. The monoisotopic (exact) mass is 892 g/mol. The molecule has 338 valence electrons. The lowest BCUT2D eigenvalue weighted by molar-refractivity contribution is -0.140. The van der Waals surface area contributed by atoms with Gasteiger partial charge in [0.2, 0.25) is 11.8 Å². The van der Waals surface area contributed by atoms with Crippen LogP contribution in [0.3, 0.4) is 0 Å². The van der Waals surface area contributed by atoms with Crippen LogP contribution >= 0.6 is 0 Å². The van der Waals surface area contributed by atoms with E-state index in [0.29, 0.717) is 56.4 Å². The van der Waals surface area contributed by atoms with Crippen LogP contribution in [0.4, 0.5) is 0 Å². The SMILES string of the molecule is COc1cccc(C(O)(c2cccc(OC)c2)[C@@H](NC(=O)C2(C(=O)N[C@@H](c3cccc4ccccc34)C(O)(c3cccc(OC)c3)c3cccc(OC)c3)CC2)c2cccc3ccccc23)c1. The van der Waals surface area contributed by atoms with Gasteiger partial charge in [-0.3, -0.25) is 9.59 Å². The Bertz CT molecular complexity index is 2800.